The normalized spacial score (nSPS) is 11.8. The minimum atomic E-state index is -0.616. The molecule has 20 heavy (non-hydrogen) atoms. The van der Waals surface area contributed by atoms with E-state index in [1.165, 1.54) is 0 Å². The van der Waals surface area contributed by atoms with E-state index in [-0.39, 0.29) is 11.8 Å². The van der Waals surface area contributed by atoms with Gasteiger partial charge in [0.05, 0.1) is 12.2 Å². The lowest BCUT2D eigenvalue weighted by Crippen LogP contribution is -2.45. The molecular formula is C13H16Br2N2O3. The molecule has 1 aromatic rings. The molecule has 1 atom stereocenters. The summed E-state index contributed by atoms with van der Waals surface area (Å²) in [5.41, 5.74) is 0.477. The summed E-state index contributed by atoms with van der Waals surface area (Å²) in [7, 11) is 1.56. The Labute approximate surface area is 134 Å². The van der Waals surface area contributed by atoms with E-state index in [2.05, 4.69) is 42.5 Å². The number of hydrogen-bond acceptors (Lipinski definition) is 3. The average Bonchev–Trinajstić information content (AvgIpc) is 2.38. The predicted octanol–water partition coefficient (Wildman–Crippen LogP) is 2.09. The van der Waals surface area contributed by atoms with Crippen molar-refractivity contribution in [2.45, 2.75) is 13.0 Å². The Hall–Kier alpha value is -0.920. The lowest BCUT2D eigenvalue weighted by atomic mass is 10.2. The lowest BCUT2D eigenvalue weighted by molar-refractivity contribution is -0.122. The van der Waals surface area contributed by atoms with Gasteiger partial charge in [-0.25, -0.2) is 0 Å². The summed E-state index contributed by atoms with van der Waals surface area (Å²) < 4.78 is 6.37. The number of nitrogens with one attached hydrogen (secondary N) is 2. The molecule has 110 valence electrons. The van der Waals surface area contributed by atoms with Crippen LogP contribution in [0.25, 0.3) is 0 Å². The molecular weight excluding hydrogens is 392 g/mol. The highest BCUT2D eigenvalue weighted by atomic mass is 79.9. The van der Waals surface area contributed by atoms with Crippen LogP contribution in [0.1, 0.15) is 17.3 Å². The molecule has 7 heteroatoms. The van der Waals surface area contributed by atoms with E-state index in [9.17, 15) is 9.59 Å². The van der Waals surface area contributed by atoms with Gasteiger partial charge in [0.2, 0.25) is 5.91 Å². The second-order valence-corrected chi connectivity index (χ2v) is 5.87. The van der Waals surface area contributed by atoms with Gasteiger partial charge in [-0.2, -0.15) is 0 Å². The molecule has 0 spiro atoms. The molecule has 0 aliphatic carbocycles. The molecule has 1 rings (SSSR count). The zero-order valence-corrected chi connectivity index (χ0v) is 14.4. The Morgan fingerprint density at radius 3 is 2.65 bits per heavy atom. The third-order valence-corrected chi connectivity index (χ3v) is 3.67. The maximum Gasteiger partial charge on any atom is 0.253 e. The quantitative estimate of drug-likeness (QED) is 0.709. The Morgan fingerprint density at radius 2 is 2.05 bits per heavy atom. The molecule has 0 saturated heterocycles. The van der Waals surface area contributed by atoms with Crippen molar-refractivity contribution in [1.29, 1.82) is 0 Å². The zero-order valence-electron chi connectivity index (χ0n) is 11.2. The van der Waals surface area contributed by atoms with Crippen LogP contribution in [0.3, 0.4) is 0 Å². The van der Waals surface area contributed by atoms with E-state index < -0.39 is 6.04 Å². The standard InChI is InChI=1S/C13H16Br2N2O3/c1-8(12(18)16-5-6-20-2)17-13(19)10-4-3-9(14)7-11(10)15/h3-4,7-8H,5-6H2,1-2H3,(H,16,18)(H,17,19). The van der Waals surface area contributed by atoms with Crippen LogP contribution in [0.2, 0.25) is 0 Å². The molecule has 0 heterocycles. The first-order valence-corrected chi connectivity index (χ1v) is 7.57. The van der Waals surface area contributed by atoms with Gasteiger partial charge in [0.1, 0.15) is 6.04 Å². The van der Waals surface area contributed by atoms with Gasteiger partial charge in [-0.3, -0.25) is 9.59 Å². The predicted molar refractivity (Wildman–Crippen MR) is 83.7 cm³/mol. The highest BCUT2D eigenvalue weighted by Crippen LogP contribution is 2.21. The second kappa shape index (κ2) is 8.39. The largest absolute Gasteiger partial charge is 0.383 e. The number of halogens is 2. The number of carbonyl (C=O) groups is 2. The molecule has 0 aliphatic heterocycles. The van der Waals surface area contributed by atoms with Crippen molar-refractivity contribution < 1.29 is 14.3 Å². The summed E-state index contributed by atoms with van der Waals surface area (Å²) in [4.78, 5) is 23.8. The third-order valence-electron chi connectivity index (χ3n) is 2.52. The van der Waals surface area contributed by atoms with E-state index >= 15 is 0 Å². The van der Waals surface area contributed by atoms with Crippen LogP contribution in [0.5, 0.6) is 0 Å². The molecule has 0 saturated carbocycles. The van der Waals surface area contributed by atoms with E-state index in [1.807, 2.05) is 0 Å². The summed E-state index contributed by atoms with van der Waals surface area (Å²) in [6.07, 6.45) is 0. The number of methoxy groups -OCH3 is 1. The molecule has 0 radical (unpaired) electrons. The number of carbonyl (C=O) groups excluding carboxylic acids is 2. The molecule has 0 fully saturated rings. The molecule has 0 aliphatic rings. The Bertz CT molecular complexity index is 495. The van der Waals surface area contributed by atoms with Crippen molar-refractivity contribution in [1.82, 2.24) is 10.6 Å². The van der Waals surface area contributed by atoms with Gasteiger partial charge >= 0.3 is 0 Å². The lowest BCUT2D eigenvalue weighted by Gasteiger charge is -2.14. The van der Waals surface area contributed by atoms with Crippen LogP contribution in [-0.2, 0) is 9.53 Å². The highest BCUT2D eigenvalue weighted by molar-refractivity contribution is 9.11. The summed E-state index contributed by atoms with van der Waals surface area (Å²) in [6, 6.07) is 4.61. The van der Waals surface area contributed by atoms with Gasteiger partial charge in [-0.15, -0.1) is 0 Å². The Morgan fingerprint density at radius 1 is 1.35 bits per heavy atom. The number of benzene rings is 1. The van der Waals surface area contributed by atoms with E-state index in [4.69, 9.17) is 4.74 Å². The molecule has 1 aromatic carbocycles. The van der Waals surface area contributed by atoms with Crippen LogP contribution in [-0.4, -0.2) is 38.1 Å². The van der Waals surface area contributed by atoms with Gasteiger partial charge < -0.3 is 15.4 Å². The van der Waals surface area contributed by atoms with E-state index in [0.29, 0.717) is 23.2 Å². The summed E-state index contributed by atoms with van der Waals surface area (Å²) in [6.45, 7) is 2.48. The van der Waals surface area contributed by atoms with Gasteiger partial charge in [0, 0.05) is 22.6 Å². The van der Waals surface area contributed by atoms with Crippen molar-refractivity contribution in [3.63, 3.8) is 0 Å². The van der Waals surface area contributed by atoms with Gasteiger partial charge in [-0.05, 0) is 41.1 Å². The molecule has 0 bridgehead atoms. The fourth-order valence-corrected chi connectivity index (χ4v) is 2.67. The minimum absolute atomic E-state index is 0.247. The number of hydrogen-bond donors (Lipinski definition) is 2. The zero-order chi connectivity index (χ0) is 15.1. The second-order valence-electron chi connectivity index (χ2n) is 4.10. The monoisotopic (exact) mass is 406 g/mol. The first-order chi connectivity index (χ1) is 9.45. The smallest absolute Gasteiger partial charge is 0.253 e. The van der Waals surface area contributed by atoms with E-state index in [0.717, 1.165) is 4.47 Å². The molecule has 2 N–H and O–H groups in total. The van der Waals surface area contributed by atoms with Gasteiger partial charge in [0.15, 0.2) is 0 Å². The minimum Gasteiger partial charge on any atom is -0.383 e. The first-order valence-electron chi connectivity index (χ1n) is 5.98. The number of rotatable bonds is 6. The van der Waals surface area contributed by atoms with Crippen molar-refractivity contribution in [3.8, 4) is 0 Å². The fourth-order valence-electron chi connectivity index (χ4n) is 1.44. The topological polar surface area (TPSA) is 67.4 Å². The molecule has 0 aromatic heterocycles. The van der Waals surface area contributed by atoms with Gasteiger partial charge in [-0.1, -0.05) is 15.9 Å². The fraction of sp³-hybridized carbons (Fsp3) is 0.385. The van der Waals surface area contributed by atoms with Crippen molar-refractivity contribution in [3.05, 3.63) is 32.7 Å². The molecule has 1 unspecified atom stereocenters. The number of ether oxygens (including phenoxy) is 1. The van der Waals surface area contributed by atoms with Crippen LogP contribution in [0.15, 0.2) is 27.1 Å². The third kappa shape index (κ3) is 5.22. The first kappa shape index (κ1) is 17.1. The molecule has 2 amide bonds. The maximum atomic E-state index is 12.1. The Kier molecular flexibility index (Phi) is 7.18. The van der Waals surface area contributed by atoms with Crippen molar-refractivity contribution in [2.24, 2.45) is 0 Å². The van der Waals surface area contributed by atoms with Crippen LogP contribution in [0, 0.1) is 0 Å². The molecule has 5 nitrogen and oxygen atoms in total. The van der Waals surface area contributed by atoms with E-state index in [1.54, 1.807) is 32.2 Å². The summed E-state index contributed by atoms with van der Waals surface area (Å²) in [5.74, 6) is -0.553. The number of amides is 2. The summed E-state index contributed by atoms with van der Waals surface area (Å²) >= 11 is 6.64. The van der Waals surface area contributed by atoms with Crippen molar-refractivity contribution >= 4 is 43.7 Å². The van der Waals surface area contributed by atoms with Crippen LogP contribution in [0.4, 0.5) is 0 Å². The SMILES string of the molecule is COCCNC(=O)C(C)NC(=O)c1ccc(Br)cc1Br. The van der Waals surface area contributed by atoms with Gasteiger partial charge in [0.25, 0.3) is 5.91 Å². The van der Waals surface area contributed by atoms with Crippen molar-refractivity contribution in [2.75, 3.05) is 20.3 Å². The average molecular weight is 408 g/mol. The maximum absolute atomic E-state index is 12.1. The Balaban J connectivity index is 2.58. The van der Waals surface area contributed by atoms with Crippen LogP contribution >= 0.6 is 31.9 Å². The van der Waals surface area contributed by atoms with Crippen LogP contribution < -0.4 is 10.6 Å². The summed E-state index contributed by atoms with van der Waals surface area (Å²) in [5, 5.41) is 5.31. The highest BCUT2D eigenvalue weighted by Gasteiger charge is 2.17.